The molecule has 0 aliphatic rings. The fourth-order valence-electron chi connectivity index (χ4n) is 0. The van der Waals surface area contributed by atoms with Crippen LogP contribution in [-0.4, -0.2) is 12.1 Å². The summed E-state index contributed by atoms with van der Waals surface area (Å²) < 4.78 is 31.5. The zero-order valence-electron chi connectivity index (χ0n) is 4.94. The third-order valence-electron chi connectivity index (χ3n) is 0.231. The molecule has 0 spiro atoms. The van der Waals surface area contributed by atoms with Crippen molar-refractivity contribution in [2.24, 2.45) is 0 Å². The molecule has 0 N–H and O–H groups in total. The van der Waals surface area contributed by atoms with Crippen molar-refractivity contribution in [3.63, 3.8) is 0 Å². The van der Waals surface area contributed by atoms with E-state index in [0.717, 1.165) is 0 Å². The van der Waals surface area contributed by atoms with Crippen LogP contribution in [0.4, 0.5) is 13.2 Å². The Morgan fingerprint density at radius 2 is 1.50 bits per heavy atom. The number of carbonyl (C=O) groups excluding carboxylic acids is 1. The number of hydrogen-bond acceptors (Lipinski definition) is 2. The molecule has 0 aromatic carbocycles. The molecule has 0 amide bonds. The molecule has 2 nitrogen and oxygen atoms in total. The van der Waals surface area contributed by atoms with Gasteiger partial charge in [-0.05, 0) is 0 Å². The van der Waals surface area contributed by atoms with Crippen LogP contribution in [-0.2, 0) is 24.3 Å². The van der Waals surface area contributed by atoms with Crippen LogP contribution in [0.15, 0.2) is 6.58 Å². The van der Waals surface area contributed by atoms with Crippen molar-refractivity contribution in [3.8, 4) is 0 Å². The minimum atomic E-state index is -5.19. The summed E-state index contributed by atoms with van der Waals surface area (Å²) in [5.74, 6) is -3.01. The number of aliphatic carboxylic acids is 1. The van der Waals surface area contributed by atoms with E-state index < -0.39 is 12.1 Å². The maximum Gasteiger partial charge on any atom is 2.00 e. The Morgan fingerprint density at radius 1 is 1.40 bits per heavy atom. The van der Waals surface area contributed by atoms with Gasteiger partial charge in [0, 0.05) is 0 Å². The SMILES string of the molecule is O=C([O-])C(F)(F)F.[CH-]=C.[Zn+2]. The predicted molar refractivity (Wildman–Crippen MR) is 21.0 cm³/mol. The number of carboxylic acid groups (broad SMARTS) is 1. The number of hydrogen-bond donors (Lipinski definition) is 0. The van der Waals surface area contributed by atoms with Crippen molar-refractivity contribution in [2.45, 2.75) is 6.18 Å². The molecular weight excluding hydrogens is 202 g/mol. The number of carbonyl (C=O) groups is 1. The zero-order valence-corrected chi connectivity index (χ0v) is 7.91. The zero-order chi connectivity index (χ0) is 8.08. The topological polar surface area (TPSA) is 40.1 Å². The molecule has 0 saturated carbocycles. The smallest absolute Gasteiger partial charge is 0.542 e. The molecule has 0 radical (unpaired) electrons. The third kappa shape index (κ3) is 10.6. The quantitative estimate of drug-likeness (QED) is 0.409. The van der Waals surface area contributed by atoms with E-state index >= 15 is 0 Å². The number of halogens is 3. The van der Waals surface area contributed by atoms with Crippen molar-refractivity contribution < 1.29 is 42.6 Å². The van der Waals surface area contributed by atoms with Crippen LogP contribution >= 0.6 is 0 Å². The Bertz CT molecular complexity index is 101. The Morgan fingerprint density at radius 3 is 1.50 bits per heavy atom. The predicted octanol–water partition coefficient (Wildman–Crippen LogP) is -0.0985. The minimum Gasteiger partial charge on any atom is -0.542 e. The second-order valence-electron chi connectivity index (χ2n) is 0.785. The van der Waals surface area contributed by atoms with Gasteiger partial charge in [0.25, 0.3) is 0 Å². The van der Waals surface area contributed by atoms with E-state index in [-0.39, 0.29) is 19.5 Å². The molecule has 0 rings (SSSR count). The summed E-state index contributed by atoms with van der Waals surface area (Å²) in [5, 5.41) is 8.78. The molecule has 0 aliphatic carbocycles. The molecule has 0 saturated heterocycles. The standard InChI is InChI=1S/C2HF3O2.C2H3.Zn/c3-2(4,5)1(6)7;1-2;/h(H,6,7);1H,2H2;/q;-1;+2/p-1. The number of carboxylic acids is 1. The third-order valence-corrected chi connectivity index (χ3v) is 0.231. The first-order valence-corrected chi connectivity index (χ1v) is 1.63. The Balaban J connectivity index is -0.000000149. The molecule has 0 aromatic heterocycles. The van der Waals surface area contributed by atoms with E-state index in [2.05, 4.69) is 13.2 Å². The van der Waals surface area contributed by atoms with E-state index in [1.165, 1.54) is 0 Å². The molecule has 0 bridgehead atoms. The van der Waals surface area contributed by atoms with E-state index in [9.17, 15) is 13.2 Å². The van der Waals surface area contributed by atoms with Crippen molar-refractivity contribution in [2.75, 3.05) is 0 Å². The van der Waals surface area contributed by atoms with Gasteiger partial charge in [-0.3, -0.25) is 6.58 Å². The fourth-order valence-corrected chi connectivity index (χ4v) is 0. The van der Waals surface area contributed by atoms with Gasteiger partial charge >= 0.3 is 25.7 Å². The monoisotopic (exact) mass is 204 g/mol. The molecule has 0 fully saturated rings. The van der Waals surface area contributed by atoms with Crippen LogP contribution in [0.25, 0.3) is 0 Å². The molecule has 54 valence electrons. The van der Waals surface area contributed by atoms with Crippen molar-refractivity contribution >= 4 is 5.97 Å². The maximum absolute atomic E-state index is 10.5. The summed E-state index contributed by atoms with van der Waals surface area (Å²) in [4.78, 5) is 8.78. The molecule has 6 heteroatoms. The van der Waals surface area contributed by atoms with E-state index in [1.54, 1.807) is 0 Å². The van der Waals surface area contributed by atoms with Gasteiger partial charge in [-0.15, -0.1) is 0 Å². The van der Waals surface area contributed by atoms with Crippen LogP contribution in [0.2, 0.25) is 0 Å². The Kier molecular flexibility index (Phi) is 11.0. The maximum atomic E-state index is 10.5. The first-order chi connectivity index (χ1) is 3.94. The van der Waals surface area contributed by atoms with E-state index in [4.69, 9.17) is 9.90 Å². The van der Waals surface area contributed by atoms with Gasteiger partial charge in [0.05, 0.1) is 0 Å². The summed E-state index contributed by atoms with van der Waals surface area (Å²) >= 11 is 0. The number of rotatable bonds is 0. The van der Waals surface area contributed by atoms with Crippen molar-refractivity contribution in [1.29, 1.82) is 0 Å². The van der Waals surface area contributed by atoms with Crippen LogP contribution < -0.4 is 5.11 Å². The first-order valence-electron chi connectivity index (χ1n) is 1.63. The molecule has 0 aliphatic heterocycles. The molecule has 0 heterocycles. The summed E-state index contributed by atoms with van der Waals surface area (Å²) in [6.45, 7) is 7.00. The van der Waals surface area contributed by atoms with Crippen LogP contribution in [0.3, 0.4) is 0 Å². The number of alkyl halides is 3. The van der Waals surface area contributed by atoms with Crippen LogP contribution in [0.1, 0.15) is 0 Å². The fraction of sp³-hybridized carbons (Fsp3) is 0.250. The average Bonchev–Trinajstić information content (AvgIpc) is 1.69. The van der Waals surface area contributed by atoms with Gasteiger partial charge in [0.15, 0.2) is 0 Å². The molecule has 0 aromatic rings. The van der Waals surface area contributed by atoms with Crippen molar-refractivity contribution in [3.05, 3.63) is 13.2 Å². The van der Waals surface area contributed by atoms with Gasteiger partial charge in [0.2, 0.25) is 0 Å². The second kappa shape index (κ2) is 6.74. The molecular formula is C4H3F3O2Zn. The molecule has 10 heavy (non-hydrogen) atoms. The largest absolute Gasteiger partial charge is 2.00 e. The van der Waals surface area contributed by atoms with Crippen molar-refractivity contribution in [1.82, 2.24) is 0 Å². The van der Waals surface area contributed by atoms with E-state index in [1.807, 2.05) is 0 Å². The van der Waals surface area contributed by atoms with Gasteiger partial charge in [-0.25, -0.2) is 0 Å². The van der Waals surface area contributed by atoms with Crippen LogP contribution in [0.5, 0.6) is 0 Å². The first kappa shape index (κ1) is 16.3. The summed E-state index contributed by atoms with van der Waals surface area (Å²) in [5.41, 5.74) is 0. The second-order valence-corrected chi connectivity index (χ2v) is 0.785. The van der Waals surface area contributed by atoms with Crippen LogP contribution in [0, 0.1) is 6.58 Å². The molecule has 0 atom stereocenters. The minimum absolute atomic E-state index is 0. The summed E-state index contributed by atoms with van der Waals surface area (Å²) in [6, 6.07) is 0. The van der Waals surface area contributed by atoms with Gasteiger partial charge in [-0.1, -0.05) is 0 Å². The summed E-state index contributed by atoms with van der Waals surface area (Å²) in [6.07, 6.45) is -5.19. The molecule has 0 unspecified atom stereocenters. The van der Waals surface area contributed by atoms with Gasteiger partial charge in [-0.2, -0.15) is 13.2 Å². The van der Waals surface area contributed by atoms with Gasteiger partial charge in [0.1, 0.15) is 5.97 Å². The van der Waals surface area contributed by atoms with E-state index in [0.29, 0.717) is 0 Å². The van der Waals surface area contributed by atoms with Gasteiger partial charge < -0.3 is 16.5 Å². The Labute approximate surface area is 68.5 Å². The Hall–Kier alpha value is -0.377. The average molecular weight is 205 g/mol. The summed E-state index contributed by atoms with van der Waals surface area (Å²) in [7, 11) is 0. The normalized spacial score (nSPS) is 8.30.